The van der Waals surface area contributed by atoms with E-state index in [-0.39, 0.29) is 0 Å². The topological polar surface area (TPSA) is 52.7 Å². The Labute approximate surface area is 119 Å². The van der Waals surface area contributed by atoms with Gasteiger partial charge < -0.3 is 5.32 Å². The van der Waals surface area contributed by atoms with Crippen LogP contribution in [0, 0.1) is 0 Å². The normalized spacial score (nSPS) is 12.8. The summed E-state index contributed by atoms with van der Waals surface area (Å²) < 4.78 is 27.3. The predicted octanol–water partition coefficient (Wildman–Crippen LogP) is 1.67. The fraction of sp³-hybridized carbons (Fsp3) is 1.00. The largest absolute Gasteiger partial charge is 0.314 e. The SMILES string of the molecule is CCCCCN(C)S(=O)(=O)N(C)CCCNC(C)C. The molecule has 5 nitrogen and oxygen atoms in total. The molecule has 0 aromatic heterocycles. The van der Waals surface area contributed by atoms with Gasteiger partial charge >= 0.3 is 0 Å². The standard InChI is InChI=1S/C13H31N3O2S/c1-6-7-8-11-15(4)19(17,18)16(5)12-9-10-14-13(2)3/h13-14H,6-12H2,1-5H3. The van der Waals surface area contributed by atoms with Crippen LogP contribution in [0.1, 0.15) is 46.5 Å². The molecule has 0 rings (SSSR count). The molecule has 19 heavy (non-hydrogen) atoms. The molecule has 0 aliphatic rings. The van der Waals surface area contributed by atoms with E-state index in [0.717, 1.165) is 32.2 Å². The van der Waals surface area contributed by atoms with E-state index in [1.807, 2.05) is 0 Å². The van der Waals surface area contributed by atoms with Crippen LogP contribution < -0.4 is 5.32 Å². The molecule has 0 heterocycles. The van der Waals surface area contributed by atoms with Gasteiger partial charge in [-0.3, -0.25) is 0 Å². The summed E-state index contributed by atoms with van der Waals surface area (Å²) in [6, 6.07) is 0.443. The number of nitrogens with zero attached hydrogens (tertiary/aromatic N) is 2. The molecule has 1 N–H and O–H groups in total. The molecule has 0 spiro atoms. The lowest BCUT2D eigenvalue weighted by molar-refractivity contribution is 0.380. The molecule has 116 valence electrons. The Morgan fingerprint density at radius 3 is 2.00 bits per heavy atom. The predicted molar refractivity (Wildman–Crippen MR) is 81.5 cm³/mol. The molecule has 0 bridgehead atoms. The van der Waals surface area contributed by atoms with Crippen LogP contribution in [0.4, 0.5) is 0 Å². The molecule has 0 amide bonds. The van der Waals surface area contributed by atoms with E-state index in [9.17, 15) is 8.42 Å². The van der Waals surface area contributed by atoms with Crippen LogP contribution in [0.25, 0.3) is 0 Å². The van der Waals surface area contributed by atoms with Gasteiger partial charge in [-0.25, -0.2) is 0 Å². The van der Waals surface area contributed by atoms with Gasteiger partial charge in [0, 0.05) is 33.2 Å². The van der Waals surface area contributed by atoms with Crippen molar-refractivity contribution in [2.45, 2.75) is 52.5 Å². The molecule has 0 atom stereocenters. The van der Waals surface area contributed by atoms with Crippen LogP contribution in [-0.4, -0.2) is 56.8 Å². The lowest BCUT2D eigenvalue weighted by Crippen LogP contribution is -2.41. The Balaban J connectivity index is 4.08. The summed E-state index contributed by atoms with van der Waals surface area (Å²) in [7, 11) is 0.0331. The fourth-order valence-corrected chi connectivity index (χ4v) is 2.94. The van der Waals surface area contributed by atoms with E-state index in [0.29, 0.717) is 19.1 Å². The van der Waals surface area contributed by atoms with Crippen molar-refractivity contribution in [3.05, 3.63) is 0 Å². The third kappa shape index (κ3) is 7.87. The molecule has 0 fully saturated rings. The Morgan fingerprint density at radius 1 is 1.00 bits per heavy atom. The number of unbranched alkanes of at least 4 members (excludes halogenated alkanes) is 2. The van der Waals surface area contributed by atoms with E-state index in [4.69, 9.17) is 0 Å². The molecule has 0 aromatic carbocycles. The molecule has 0 aliphatic heterocycles. The maximum absolute atomic E-state index is 12.2. The van der Waals surface area contributed by atoms with Crippen LogP contribution >= 0.6 is 0 Å². The highest BCUT2D eigenvalue weighted by atomic mass is 32.2. The first-order chi connectivity index (χ1) is 8.82. The van der Waals surface area contributed by atoms with Gasteiger partial charge in [-0.2, -0.15) is 17.0 Å². The van der Waals surface area contributed by atoms with Crippen LogP contribution in [0.3, 0.4) is 0 Å². The maximum Gasteiger partial charge on any atom is 0.281 e. The van der Waals surface area contributed by atoms with Crippen molar-refractivity contribution in [3.63, 3.8) is 0 Å². The van der Waals surface area contributed by atoms with Gasteiger partial charge in [0.25, 0.3) is 10.2 Å². The van der Waals surface area contributed by atoms with Crippen LogP contribution in [0.15, 0.2) is 0 Å². The van der Waals surface area contributed by atoms with Gasteiger partial charge in [-0.05, 0) is 19.4 Å². The molecule has 0 aliphatic carbocycles. The van der Waals surface area contributed by atoms with Gasteiger partial charge in [0.1, 0.15) is 0 Å². The van der Waals surface area contributed by atoms with Crippen LogP contribution in [0.5, 0.6) is 0 Å². The zero-order valence-corrected chi connectivity index (χ0v) is 14.0. The molecule has 0 aromatic rings. The first-order valence-electron chi connectivity index (χ1n) is 7.23. The maximum atomic E-state index is 12.2. The number of hydrogen-bond acceptors (Lipinski definition) is 3. The van der Waals surface area contributed by atoms with Gasteiger partial charge in [0.15, 0.2) is 0 Å². The van der Waals surface area contributed by atoms with E-state index < -0.39 is 10.2 Å². The Morgan fingerprint density at radius 2 is 1.53 bits per heavy atom. The second-order valence-corrected chi connectivity index (χ2v) is 7.46. The summed E-state index contributed by atoms with van der Waals surface area (Å²) in [6.07, 6.45) is 3.93. The third-order valence-electron chi connectivity index (χ3n) is 3.07. The summed E-state index contributed by atoms with van der Waals surface area (Å²) in [5.74, 6) is 0. The lowest BCUT2D eigenvalue weighted by atomic mass is 10.2. The van der Waals surface area contributed by atoms with Crippen molar-refractivity contribution in [1.82, 2.24) is 13.9 Å². The highest BCUT2D eigenvalue weighted by molar-refractivity contribution is 7.86. The van der Waals surface area contributed by atoms with Crippen molar-refractivity contribution in [2.75, 3.05) is 33.7 Å². The van der Waals surface area contributed by atoms with Crippen molar-refractivity contribution in [2.24, 2.45) is 0 Å². The Hall–Kier alpha value is -0.170. The van der Waals surface area contributed by atoms with Crippen molar-refractivity contribution in [3.8, 4) is 0 Å². The third-order valence-corrected chi connectivity index (χ3v) is 5.01. The van der Waals surface area contributed by atoms with E-state index >= 15 is 0 Å². The van der Waals surface area contributed by atoms with Crippen LogP contribution in [-0.2, 0) is 10.2 Å². The number of rotatable bonds is 11. The minimum Gasteiger partial charge on any atom is -0.314 e. The second-order valence-electron chi connectivity index (χ2n) is 5.32. The Kier molecular flexibility index (Phi) is 9.60. The molecule has 6 heteroatoms. The molecular formula is C13H31N3O2S. The molecule has 0 radical (unpaired) electrons. The summed E-state index contributed by atoms with van der Waals surface area (Å²) in [4.78, 5) is 0. The quantitative estimate of drug-likeness (QED) is 0.590. The van der Waals surface area contributed by atoms with E-state index in [1.54, 1.807) is 14.1 Å². The van der Waals surface area contributed by atoms with Gasteiger partial charge in [0.05, 0.1) is 0 Å². The average molecular weight is 293 g/mol. The molecular weight excluding hydrogens is 262 g/mol. The number of hydrogen-bond donors (Lipinski definition) is 1. The Bertz CT molecular complexity index is 318. The van der Waals surface area contributed by atoms with Gasteiger partial charge in [-0.15, -0.1) is 0 Å². The van der Waals surface area contributed by atoms with Crippen molar-refractivity contribution in [1.29, 1.82) is 0 Å². The van der Waals surface area contributed by atoms with Crippen molar-refractivity contribution < 1.29 is 8.42 Å². The summed E-state index contributed by atoms with van der Waals surface area (Å²) in [5, 5.41) is 3.29. The molecule has 0 unspecified atom stereocenters. The van der Waals surface area contributed by atoms with Gasteiger partial charge in [-0.1, -0.05) is 33.6 Å². The first-order valence-corrected chi connectivity index (χ1v) is 8.63. The second kappa shape index (κ2) is 9.69. The summed E-state index contributed by atoms with van der Waals surface area (Å²) in [6.45, 7) is 8.29. The van der Waals surface area contributed by atoms with Crippen molar-refractivity contribution >= 4 is 10.2 Å². The number of nitrogens with one attached hydrogen (secondary N) is 1. The molecule has 0 saturated carbocycles. The monoisotopic (exact) mass is 293 g/mol. The summed E-state index contributed by atoms with van der Waals surface area (Å²) >= 11 is 0. The molecule has 0 saturated heterocycles. The fourth-order valence-electron chi connectivity index (χ4n) is 1.75. The summed E-state index contributed by atoms with van der Waals surface area (Å²) in [5.41, 5.74) is 0. The van der Waals surface area contributed by atoms with Gasteiger partial charge in [0.2, 0.25) is 0 Å². The highest BCUT2D eigenvalue weighted by Gasteiger charge is 2.22. The van der Waals surface area contributed by atoms with E-state index in [1.165, 1.54) is 8.61 Å². The zero-order chi connectivity index (χ0) is 14.9. The lowest BCUT2D eigenvalue weighted by Gasteiger charge is -2.24. The zero-order valence-electron chi connectivity index (χ0n) is 13.1. The minimum atomic E-state index is -3.28. The van der Waals surface area contributed by atoms with Crippen LogP contribution in [0.2, 0.25) is 0 Å². The minimum absolute atomic E-state index is 0.443. The smallest absolute Gasteiger partial charge is 0.281 e. The first kappa shape index (κ1) is 18.8. The highest BCUT2D eigenvalue weighted by Crippen LogP contribution is 2.07. The average Bonchev–Trinajstić information content (AvgIpc) is 2.34. The van der Waals surface area contributed by atoms with E-state index in [2.05, 4.69) is 26.1 Å².